The molecule has 146 valence electrons. The number of hydrogen-bond acceptors (Lipinski definition) is 9. The van der Waals surface area contributed by atoms with E-state index in [0.717, 1.165) is 28.0 Å². The van der Waals surface area contributed by atoms with Crippen LogP contribution in [0.1, 0.15) is 13.3 Å². The summed E-state index contributed by atoms with van der Waals surface area (Å²) in [5.41, 5.74) is -0.235. The van der Waals surface area contributed by atoms with Gasteiger partial charge in [-0.05, 0) is 18.7 Å². The van der Waals surface area contributed by atoms with Crippen LogP contribution < -0.4 is 9.62 Å². The van der Waals surface area contributed by atoms with Crippen LogP contribution in [0.15, 0.2) is 28.6 Å². The van der Waals surface area contributed by atoms with Crippen LogP contribution in [-0.2, 0) is 14.8 Å². The second-order valence-electron chi connectivity index (χ2n) is 5.33. The number of benzene rings is 1. The van der Waals surface area contributed by atoms with E-state index in [1.165, 1.54) is 30.0 Å². The van der Waals surface area contributed by atoms with Crippen molar-refractivity contribution in [3.05, 3.63) is 34.4 Å². The van der Waals surface area contributed by atoms with Crippen LogP contribution in [0.25, 0.3) is 0 Å². The summed E-state index contributed by atoms with van der Waals surface area (Å²) in [5, 5.41) is 21.5. The van der Waals surface area contributed by atoms with Crippen molar-refractivity contribution in [2.75, 3.05) is 22.1 Å². The molecule has 1 aromatic carbocycles. The average molecular weight is 432 g/mol. The third kappa shape index (κ3) is 5.14. The predicted octanol–water partition coefficient (Wildman–Crippen LogP) is 2.35. The van der Waals surface area contributed by atoms with Crippen LogP contribution in [0, 0.1) is 10.1 Å². The second kappa shape index (κ2) is 8.63. The first kappa shape index (κ1) is 21.1. The van der Waals surface area contributed by atoms with Gasteiger partial charge in [-0.3, -0.25) is 24.5 Å². The molecule has 0 unspecified atom stereocenters. The number of anilines is 2. The summed E-state index contributed by atoms with van der Waals surface area (Å²) in [6, 6.07) is 4.03. The van der Waals surface area contributed by atoms with Crippen molar-refractivity contribution in [1.29, 1.82) is 0 Å². The van der Waals surface area contributed by atoms with Gasteiger partial charge in [0.05, 0.1) is 16.9 Å². The fraction of sp³-hybridized carbons (Fsp3) is 0.357. The Labute approximate surface area is 164 Å². The zero-order valence-electron chi connectivity index (χ0n) is 14.6. The number of carbonyl (C=O) groups is 1. The Kier molecular flexibility index (Phi) is 6.73. The Morgan fingerprint density at radius 3 is 2.67 bits per heavy atom. The molecule has 0 fully saturated rings. The predicted molar refractivity (Wildman–Crippen MR) is 105 cm³/mol. The number of nitrogens with one attached hydrogen (secondary N) is 1. The van der Waals surface area contributed by atoms with Gasteiger partial charge in [-0.1, -0.05) is 36.1 Å². The zero-order valence-corrected chi connectivity index (χ0v) is 17.1. The summed E-state index contributed by atoms with van der Waals surface area (Å²) >= 11 is 2.53. The van der Waals surface area contributed by atoms with E-state index in [1.807, 2.05) is 6.26 Å². The Bertz CT molecular complexity index is 946. The lowest BCUT2D eigenvalue weighted by Gasteiger charge is -2.29. The number of aromatic nitrogens is 2. The van der Waals surface area contributed by atoms with E-state index in [1.54, 1.807) is 6.92 Å². The minimum Gasteiger partial charge on any atom is -0.299 e. The number of nitro groups is 1. The highest BCUT2D eigenvalue weighted by molar-refractivity contribution is 8.00. The molecule has 0 saturated carbocycles. The van der Waals surface area contributed by atoms with E-state index >= 15 is 0 Å². The summed E-state index contributed by atoms with van der Waals surface area (Å²) in [6.45, 7) is 1.65. The highest BCUT2D eigenvalue weighted by Gasteiger charge is 2.32. The quantitative estimate of drug-likeness (QED) is 0.291. The van der Waals surface area contributed by atoms with Gasteiger partial charge in [0.15, 0.2) is 4.34 Å². The van der Waals surface area contributed by atoms with Gasteiger partial charge in [0.1, 0.15) is 6.04 Å². The van der Waals surface area contributed by atoms with Gasteiger partial charge in [0, 0.05) is 12.1 Å². The van der Waals surface area contributed by atoms with Crippen LogP contribution in [-0.4, -0.2) is 48.0 Å². The third-order valence-electron chi connectivity index (χ3n) is 3.44. The molecule has 1 atom stereocenters. The number of amides is 1. The number of hydrogen-bond donors (Lipinski definition) is 1. The monoisotopic (exact) mass is 431 g/mol. The van der Waals surface area contributed by atoms with E-state index in [2.05, 4.69) is 15.5 Å². The van der Waals surface area contributed by atoms with Gasteiger partial charge in [-0.2, -0.15) is 0 Å². The average Bonchev–Trinajstić information content (AvgIpc) is 3.05. The van der Waals surface area contributed by atoms with Gasteiger partial charge in [-0.25, -0.2) is 8.42 Å². The van der Waals surface area contributed by atoms with Crippen LogP contribution in [0.2, 0.25) is 0 Å². The maximum absolute atomic E-state index is 12.7. The molecule has 1 N–H and O–H groups in total. The van der Waals surface area contributed by atoms with Crippen LogP contribution >= 0.6 is 23.1 Å². The lowest BCUT2D eigenvalue weighted by atomic mass is 10.2. The number of thioether (sulfide) groups is 1. The molecule has 2 aromatic rings. The molecule has 2 rings (SSSR count). The highest BCUT2D eigenvalue weighted by Crippen LogP contribution is 2.28. The van der Waals surface area contributed by atoms with E-state index in [0.29, 0.717) is 4.34 Å². The molecule has 0 spiro atoms. The Hall–Kier alpha value is -2.25. The summed E-state index contributed by atoms with van der Waals surface area (Å²) < 4.78 is 26.3. The van der Waals surface area contributed by atoms with Crippen molar-refractivity contribution in [1.82, 2.24) is 10.2 Å². The summed E-state index contributed by atoms with van der Waals surface area (Å²) in [6.07, 6.45) is 2.91. The van der Waals surface area contributed by atoms with Gasteiger partial charge < -0.3 is 0 Å². The molecular formula is C14H17N5O5S3. The van der Waals surface area contributed by atoms with Crippen molar-refractivity contribution >= 4 is 55.5 Å². The van der Waals surface area contributed by atoms with Gasteiger partial charge >= 0.3 is 0 Å². The molecule has 27 heavy (non-hydrogen) atoms. The van der Waals surface area contributed by atoms with E-state index in [9.17, 15) is 23.3 Å². The highest BCUT2D eigenvalue weighted by atomic mass is 32.2. The Morgan fingerprint density at radius 2 is 2.15 bits per heavy atom. The van der Waals surface area contributed by atoms with Crippen molar-refractivity contribution in [3.63, 3.8) is 0 Å². The maximum Gasteiger partial charge on any atom is 0.271 e. The molecular weight excluding hydrogens is 414 g/mol. The number of carbonyl (C=O) groups excluding carboxylic acids is 1. The number of non-ortho nitro benzene ring substituents is 1. The van der Waals surface area contributed by atoms with Gasteiger partial charge in [-0.15, -0.1) is 10.2 Å². The first-order chi connectivity index (χ1) is 12.7. The van der Waals surface area contributed by atoms with Crippen molar-refractivity contribution in [2.45, 2.75) is 23.7 Å². The summed E-state index contributed by atoms with van der Waals surface area (Å²) in [4.78, 5) is 23.1. The molecule has 0 radical (unpaired) electrons. The molecule has 0 saturated heterocycles. The molecule has 13 heteroatoms. The summed E-state index contributed by atoms with van der Waals surface area (Å²) in [5.74, 6) is -0.599. The normalized spacial score (nSPS) is 12.4. The van der Waals surface area contributed by atoms with Crippen LogP contribution in [0.3, 0.4) is 0 Å². The largest absolute Gasteiger partial charge is 0.299 e. The second-order valence-corrected chi connectivity index (χ2v) is 9.22. The van der Waals surface area contributed by atoms with Crippen LogP contribution in [0.4, 0.5) is 16.5 Å². The minimum atomic E-state index is -3.90. The van der Waals surface area contributed by atoms with E-state index in [-0.39, 0.29) is 22.9 Å². The molecule has 0 aliphatic rings. The number of rotatable bonds is 8. The van der Waals surface area contributed by atoms with Gasteiger partial charge in [0.2, 0.25) is 21.1 Å². The summed E-state index contributed by atoms with van der Waals surface area (Å²) in [7, 11) is -3.90. The number of sulfonamides is 1. The Balaban J connectivity index is 2.39. The number of nitrogens with zero attached hydrogens (tertiary/aromatic N) is 4. The Morgan fingerprint density at radius 1 is 1.44 bits per heavy atom. The van der Waals surface area contributed by atoms with Gasteiger partial charge in [0.25, 0.3) is 5.69 Å². The fourth-order valence-electron chi connectivity index (χ4n) is 2.34. The number of nitro benzene ring substituents is 1. The zero-order chi connectivity index (χ0) is 20.2. The van der Waals surface area contributed by atoms with E-state index < -0.39 is 26.9 Å². The lowest BCUT2D eigenvalue weighted by molar-refractivity contribution is -0.384. The smallest absolute Gasteiger partial charge is 0.271 e. The molecule has 1 amide bonds. The molecule has 0 aliphatic heterocycles. The first-order valence-corrected chi connectivity index (χ1v) is 11.5. The maximum atomic E-state index is 12.7. The van der Waals surface area contributed by atoms with Crippen molar-refractivity contribution in [3.8, 4) is 0 Å². The van der Waals surface area contributed by atoms with Crippen molar-refractivity contribution < 1.29 is 18.1 Å². The molecule has 1 heterocycles. The molecule has 10 nitrogen and oxygen atoms in total. The molecule has 1 aromatic heterocycles. The standard InChI is InChI=1S/C14H17N5O5S3/c1-4-11(12(20)15-13-16-17-14(25-2)26-13)18(27(3,23)24)9-6-5-7-10(8-9)19(21)22/h5-8,11H,4H2,1-3H3,(H,15,16,20)/t11-/m0/s1. The minimum absolute atomic E-state index is 0.0377. The third-order valence-corrected chi connectivity index (χ3v) is 6.43. The molecule has 0 aliphatic carbocycles. The fourth-order valence-corrected chi connectivity index (χ4v) is 4.71. The topological polar surface area (TPSA) is 135 Å². The van der Waals surface area contributed by atoms with Crippen molar-refractivity contribution in [2.24, 2.45) is 0 Å². The SMILES string of the molecule is CC[C@@H](C(=O)Nc1nnc(SC)s1)N(c1cccc([N+](=O)[O-])c1)S(C)(=O)=O. The van der Waals surface area contributed by atoms with Crippen LogP contribution in [0.5, 0.6) is 0 Å². The van der Waals surface area contributed by atoms with E-state index in [4.69, 9.17) is 0 Å². The lowest BCUT2D eigenvalue weighted by Crippen LogP contribution is -2.47. The first-order valence-electron chi connectivity index (χ1n) is 7.59. The molecule has 0 bridgehead atoms.